The van der Waals surface area contributed by atoms with Crippen molar-refractivity contribution in [2.75, 3.05) is 0 Å². The van der Waals surface area contributed by atoms with Gasteiger partial charge in [0, 0.05) is 0 Å². The van der Waals surface area contributed by atoms with Crippen LogP contribution in [0.4, 0.5) is 0 Å². The van der Waals surface area contributed by atoms with E-state index in [2.05, 4.69) is 48.5 Å². The van der Waals surface area contributed by atoms with Crippen LogP contribution in [-0.4, -0.2) is 0 Å². The molecule has 0 unspecified atom stereocenters. The van der Waals surface area contributed by atoms with Gasteiger partial charge in [-0.15, -0.1) is 0 Å². The molecule has 0 aromatic heterocycles. The standard InChI is InChI=1S/C8H16.C5H12.C3H8/c1-7-3-5-8(2)6-4-7;1-4-5(2)3;1-3-2/h7-8H,3-6H2,1-2H3;5H,4H2,1-3H3;3H2,1-2H3. The molecule has 0 heterocycles. The molecule has 1 rings (SSSR count). The first kappa shape index (κ1) is 18.4. The first-order valence-electron chi connectivity index (χ1n) is 7.47. The lowest BCUT2D eigenvalue weighted by molar-refractivity contribution is 0.308. The van der Waals surface area contributed by atoms with Gasteiger partial charge in [-0.3, -0.25) is 0 Å². The van der Waals surface area contributed by atoms with Gasteiger partial charge in [-0.2, -0.15) is 0 Å². The third kappa shape index (κ3) is 16.4. The van der Waals surface area contributed by atoms with Gasteiger partial charge in [0.1, 0.15) is 0 Å². The molecule has 0 aliphatic heterocycles. The van der Waals surface area contributed by atoms with Crippen LogP contribution in [0.15, 0.2) is 0 Å². The summed E-state index contributed by atoms with van der Waals surface area (Å²) >= 11 is 0. The van der Waals surface area contributed by atoms with E-state index in [0.717, 1.165) is 17.8 Å². The minimum absolute atomic E-state index is 0.884. The molecule has 0 nitrogen and oxygen atoms in total. The maximum atomic E-state index is 2.37. The van der Waals surface area contributed by atoms with Crippen LogP contribution in [0.2, 0.25) is 0 Å². The van der Waals surface area contributed by atoms with Crippen LogP contribution in [0.5, 0.6) is 0 Å². The molecule has 16 heavy (non-hydrogen) atoms. The fourth-order valence-electron chi connectivity index (χ4n) is 1.43. The molecule has 0 aromatic rings. The molecule has 0 heteroatoms. The molecule has 100 valence electrons. The van der Waals surface area contributed by atoms with Crippen LogP contribution in [0.3, 0.4) is 0 Å². The van der Waals surface area contributed by atoms with Gasteiger partial charge in [0.25, 0.3) is 0 Å². The Morgan fingerprint density at radius 2 is 1.00 bits per heavy atom. The lowest BCUT2D eigenvalue weighted by Crippen LogP contribution is -2.08. The van der Waals surface area contributed by atoms with Gasteiger partial charge in [-0.25, -0.2) is 0 Å². The predicted octanol–water partition coefficient (Wildman–Crippen LogP) is 6.30. The van der Waals surface area contributed by atoms with E-state index in [1.54, 1.807) is 0 Å². The van der Waals surface area contributed by atoms with Gasteiger partial charge in [0.05, 0.1) is 0 Å². The SMILES string of the molecule is CC1CCC(C)CC1.CCC.CCC(C)C. The average Bonchev–Trinajstić information content (AvgIpc) is 2.24. The summed E-state index contributed by atoms with van der Waals surface area (Å²) < 4.78 is 0. The summed E-state index contributed by atoms with van der Waals surface area (Å²) in [6.45, 7) is 15.6. The van der Waals surface area contributed by atoms with E-state index in [-0.39, 0.29) is 0 Å². The summed E-state index contributed by atoms with van der Waals surface area (Å²) in [5.41, 5.74) is 0. The minimum Gasteiger partial charge on any atom is -0.0656 e. The van der Waals surface area contributed by atoms with Gasteiger partial charge in [-0.1, -0.05) is 87.0 Å². The van der Waals surface area contributed by atoms with Crippen molar-refractivity contribution in [1.29, 1.82) is 0 Å². The molecule has 0 aromatic carbocycles. The Morgan fingerprint density at radius 1 is 0.812 bits per heavy atom. The highest BCUT2D eigenvalue weighted by atomic mass is 14.2. The Labute approximate surface area is 105 Å². The van der Waals surface area contributed by atoms with Crippen LogP contribution in [-0.2, 0) is 0 Å². The molecule has 0 saturated heterocycles. The van der Waals surface area contributed by atoms with Crippen LogP contribution in [0.1, 0.15) is 87.0 Å². The molecule has 1 aliphatic carbocycles. The fourth-order valence-corrected chi connectivity index (χ4v) is 1.43. The molecular weight excluding hydrogens is 192 g/mol. The first-order valence-corrected chi connectivity index (χ1v) is 7.47. The van der Waals surface area contributed by atoms with Crippen molar-refractivity contribution in [3.63, 3.8) is 0 Å². The van der Waals surface area contributed by atoms with Gasteiger partial charge < -0.3 is 0 Å². The second-order valence-corrected chi connectivity index (χ2v) is 5.87. The van der Waals surface area contributed by atoms with Crippen LogP contribution in [0.25, 0.3) is 0 Å². The van der Waals surface area contributed by atoms with Gasteiger partial charge in [0.15, 0.2) is 0 Å². The zero-order chi connectivity index (χ0) is 13.0. The normalized spacial score (nSPS) is 24.0. The monoisotopic (exact) mass is 228 g/mol. The molecule has 1 saturated carbocycles. The van der Waals surface area contributed by atoms with Gasteiger partial charge in [-0.05, 0) is 17.8 Å². The van der Waals surface area contributed by atoms with Crippen LogP contribution in [0, 0.1) is 17.8 Å². The predicted molar refractivity (Wildman–Crippen MR) is 77.9 cm³/mol. The molecule has 0 amide bonds. The molecule has 0 spiro atoms. The van der Waals surface area contributed by atoms with Crippen molar-refractivity contribution in [3.05, 3.63) is 0 Å². The van der Waals surface area contributed by atoms with Gasteiger partial charge >= 0.3 is 0 Å². The molecule has 1 fully saturated rings. The highest BCUT2D eigenvalue weighted by molar-refractivity contribution is 4.65. The smallest absolute Gasteiger partial charge is 0.0443 e. The van der Waals surface area contributed by atoms with Crippen molar-refractivity contribution in [1.82, 2.24) is 0 Å². The lowest BCUT2D eigenvalue weighted by atomic mass is 9.84. The zero-order valence-electron chi connectivity index (χ0n) is 13.0. The van der Waals surface area contributed by atoms with E-state index in [0.29, 0.717) is 0 Å². The average molecular weight is 228 g/mol. The van der Waals surface area contributed by atoms with Crippen molar-refractivity contribution < 1.29 is 0 Å². The largest absolute Gasteiger partial charge is 0.0656 e. The fraction of sp³-hybridized carbons (Fsp3) is 1.00. The highest BCUT2D eigenvalue weighted by Gasteiger charge is 2.13. The van der Waals surface area contributed by atoms with E-state index in [9.17, 15) is 0 Å². The maximum absolute atomic E-state index is 2.37. The van der Waals surface area contributed by atoms with Gasteiger partial charge in [0.2, 0.25) is 0 Å². The summed E-state index contributed by atoms with van der Waals surface area (Å²) in [6, 6.07) is 0. The molecule has 0 N–H and O–H groups in total. The highest BCUT2D eigenvalue weighted by Crippen LogP contribution is 2.27. The summed E-state index contributed by atoms with van der Waals surface area (Å²) in [7, 11) is 0. The Bertz CT molecular complexity index is 97.2. The number of rotatable bonds is 1. The first-order chi connectivity index (χ1) is 7.47. The van der Waals surface area contributed by atoms with E-state index in [1.165, 1.54) is 38.5 Å². The third-order valence-electron chi connectivity index (χ3n) is 3.12. The summed E-state index contributed by atoms with van der Waals surface area (Å²) in [6.07, 6.45) is 8.45. The molecule has 0 atom stereocenters. The Morgan fingerprint density at radius 3 is 1.12 bits per heavy atom. The van der Waals surface area contributed by atoms with Crippen molar-refractivity contribution >= 4 is 0 Å². The zero-order valence-corrected chi connectivity index (χ0v) is 13.0. The number of hydrogen-bond donors (Lipinski definition) is 0. The van der Waals surface area contributed by atoms with Crippen LogP contribution >= 0.6 is 0 Å². The molecule has 0 radical (unpaired) electrons. The summed E-state index contributed by atoms with van der Waals surface area (Å²) in [5, 5.41) is 0. The third-order valence-corrected chi connectivity index (χ3v) is 3.12. The quantitative estimate of drug-likeness (QED) is 0.494. The number of hydrogen-bond acceptors (Lipinski definition) is 0. The van der Waals surface area contributed by atoms with E-state index in [1.807, 2.05) is 0 Å². The Hall–Kier alpha value is 0. The van der Waals surface area contributed by atoms with Crippen LogP contribution < -0.4 is 0 Å². The lowest BCUT2D eigenvalue weighted by Gasteiger charge is -2.22. The summed E-state index contributed by atoms with van der Waals surface area (Å²) in [4.78, 5) is 0. The molecular formula is C16H36. The van der Waals surface area contributed by atoms with E-state index >= 15 is 0 Å². The topological polar surface area (TPSA) is 0 Å². The van der Waals surface area contributed by atoms with E-state index < -0.39 is 0 Å². The van der Waals surface area contributed by atoms with E-state index in [4.69, 9.17) is 0 Å². The van der Waals surface area contributed by atoms with Crippen molar-refractivity contribution in [2.24, 2.45) is 17.8 Å². The Kier molecular flexibility index (Phi) is 15.0. The second-order valence-electron chi connectivity index (χ2n) is 5.87. The molecule has 0 bridgehead atoms. The minimum atomic E-state index is 0.884. The molecule has 1 aliphatic rings. The maximum Gasteiger partial charge on any atom is -0.0443 e. The summed E-state index contributed by atoms with van der Waals surface area (Å²) in [5.74, 6) is 2.92. The van der Waals surface area contributed by atoms with Crippen molar-refractivity contribution in [2.45, 2.75) is 87.0 Å². The second kappa shape index (κ2) is 13.1. The Balaban J connectivity index is 0. The van der Waals surface area contributed by atoms with Crippen molar-refractivity contribution in [3.8, 4) is 0 Å².